The molecule has 1 N–H and O–H groups in total. The van der Waals surface area contributed by atoms with Gasteiger partial charge in [0.25, 0.3) is 0 Å². The van der Waals surface area contributed by atoms with Gasteiger partial charge in [-0.05, 0) is 23.3 Å². The largest absolute Gasteiger partial charge is 0.353 e. The molecule has 1 atom stereocenters. The van der Waals surface area contributed by atoms with Crippen molar-refractivity contribution in [2.75, 3.05) is 31.1 Å². The Labute approximate surface area is 174 Å². The van der Waals surface area contributed by atoms with Gasteiger partial charge in [-0.2, -0.15) is 5.10 Å². The van der Waals surface area contributed by atoms with Gasteiger partial charge < -0.3 is 4.90 Å². The van der Waals surface area contributed by atoms with E-state index in [1.165, 1.54) is 11.1 Å². The van der Waals surface area contributed by atoms with Gasteiger partial charge in [0.05, 0.1) is 17.6 Å². The molecular formula is C22H21ClN6. The summed E-state index contributed by atoms with van der Waals surface area (Å²) in [5.74, 6) is 0.950. The lowest BCUT2D eigenvalue weighted by atomic mass is 9.96. The zero-order valence-corrected chi connectivity index (χ0v) is 16.6. The quantitative estimate of drug-likeness (QED) is 0.558. The normalized spacial score (nSPS) is 16.2. The van der Waals surface area contributed by atoms with Crippen LogP contribution in [0.15, 0.2) is 67.1 Å². The number of H-pyrrole nitrogens is 1. The van der Waals surface area contributed by atoms with Crippen molar-refractivity contribution in [1.29, 1.82) is 0 Å². The van der Waals surface area contributed by atoms with Crippen LogP contribution in [0.25, 0.3) is 11.0 Å². The van der Waals surface area contributed by atoms with Crippen molar-refractivity contribution < 1.29 is 0 Å². The van der Waals surface area contributed by atoms with Crippen molar-refractivity contribution in [3.63, 3.8) is 0 Å². The molecule has 1 fully saturated rings. The highest BCUT2D eigenvalue weighted by Crippen LogP contribution is 2.31. The van der Waals surface area contributed by atoms with E-state index in [-0.39, 0.29) is 6.04 Å². The van der Waals surface area contributed by atoms with E-state index in [2.05, 4.69) is 72.4 Å². The average molecular weight is 405 g/mol. The van der Waals surface area contributed by atoms with Gasteiger partial charge in [-0.1, -0.05) is 54.1 Å². The fraction of sp³-hybridized carbons (Fsp3) is 0.227. The monoisotopic (exact) mass is 404 g/mol. The van der Waals surface area contributed by atoms with Crippen LogP contribution in [0.1, 0.15) is 17.2 Å². The molecule has 0 bridgehead atoms. The summed E-state index contributed by atoms with van der Waals surface area (Å²) >= 11 is 6.13. The van der Waals surface area contributed by atoms with Gasteiger partial charge in [-0.25, -0.2) is 9.97 Å². The summed E-state index contributed by atoms with van der Waals surface area (Å²) in [6.07, 6.45) is 3.40. The second-order valence-corrected chi connectivity index (χ2v) is 7.65. The Morgan fingerprint density at radius 3 is 2.34 bits per heavy atom. The second-order valence-electron chi connectivity index (χ2n) is 7.22. The third kappa shape index (κ3) is 3.57. The molecule has 146 valence electrons. The number of aromatic amines is 1. The van der Waals surface area contributed by atoms with Crippen molar-refractivity contribution in [2.24, 2.45) is 0 Å². The van der Waals surface area contributed by atoms with Gasteiger partial charge in [-0.3, -0.25) is 10.00 Å². The first-order valence-electron chi connectivity index (χ1n) is 9.73. The van der Waals surface area contributed by atoms with Crippen LogP contribution in [0.3, 0.4) is 0 Å². The Hall–Kier alpha value is -2.96. The molecule has 5 rings (SSSR count). The molecule has 0 amide bonds. The number of halogens is 1. The Morgan fingerprint density at radius 1 is 0.862 bits per heavy atom. The minimum atomic E-state index is 0.204. The molecule has 1 aliphatic heterocycles. The van der Waals surface area contributed by atoms with E-state index >= 15 is 0 Å². The summed E-state index contributed by atoms with van der Waals surface area (Å²) < 4.78 is 0. The van der Waals surface area contributed by atoms with E-state index < -0.39 is 0 Å². The molecule has 2 aromatic carbocycles. The second kappa shape index (κ2) is 7.81. The lowest BCUT2D eigenvalue weighted by Gasteiger charge is -2.40. The van der Waals surface area contributed by atoms with Gasteiger partial charge in [0.1, 0.15) is 12.1 Å². The van der Waals surface area contributed by atoms with Gasteiger partial charge in [0.15, 0.2) is 5.65 Å². The zero-order chi connectivity index (χ0) is 19.6. The number of hydrogen-bond donors (Lipinski definition) is 1. The number of anilines is 1. The Balaban J connectivity index is 1.41. The SMILES string of the molecule is Clc1ccc([C@H](c2ccccc2)N2CCN(c3ncnc4[nH]ncc34)CC2)cc1. The summed E-state index contributed by atoms with van der Waals surface area (Å²) in [6, 6.07) is 19.1. The number of rotatable bonds is 4. The van der Waals surface area contributed by atoms with E-state index in [0.29, 0.717) is 0 Å². The van der Waals surface area contributed by atoms with Crippen LogP contribution in [0, 0.1) is 0 Å². The number of nitrogens with one attached hydrogen (secondary N) is 1. The topological polar surface area (TPSA) is 60.9 Å². The average Bonchev–Trinajstić information content (AvgIpc) is 3.26. The minimum Gasteiger partial charge on any atom is -0.353 e. The first kappa shape index (κ1) is 18.1. The smallest absolute Gasteiger partial charge is 0.160 e. The summed E-state index contributed by atoms with van der Waals surface area (Å²) in [5.41, 5.74) is 3.33. The maximum absolute atomic E-state index is 6.13. The highest BCUT2D eigenvalue weighted by atomic mass is 35.5. The van der Waals surface area contributed by atoms with Crippen molar-refractivity contribution in [3.05, 3.63) is 83.3 Å². The molecule has 2 aromatic heterocycles. The lowest BCUT2D eigenvalue weighted by molar-refractivity contribution is 0.212. The fourth-order valence-corrected chi connectivity index (χ4v) is 4.22. The number of piperazine rings is 1. The first-order valence-corrected chi connectivity index (χ1v) is 10.1. The van der Waals surface area contributed by atoms with Crippen molar-refractivity contribution in [1.82, 2.24) is 25.1 Å². The van der Waals surface area contributed by atoms with Crippen molar-refractivity contribution >= 4 is 28.5 Å². The van der Waals surface area contributed by atoms with Crippen LogP contribution < -0.4 is 4.90 Å². The third-order valence-corrected chi connectivity index (χ3v) is 5.76. The Bertz CT molecular complexity index is 1090. The number of hydrogen-bond acceptors (Lipinski definition) is 5. The maximum atomic E-state index is 6.13. The van der Waals surface area contributed by atoms with E-state index in [9.17, 15) is 0 Å². The van der Waals surface area contributed by atoms with Gasteiger partial charge in [-0.15, -0.1) is 0 Å². The molecule has 3 heterocycles. The van der Waals surface area contributed by atoms with Gasteiger partial charge >= 0.3 is 0 Å². The number of benzene rings is 2. The molecular weight excluding hydrogens is 384 g/mol. The van der Waals surface area contributed by atoms with E-state index in [4.69, 9.17) is 11.6 Å². The fourth-order valence-electron chi connectivity index (χ4n) is 4.09. The predicted octanol–water partition coefficient (Wildman–Crippen LogP) is 3.92. The van der Waals surface area contributed by atoms with Crippen LogP contribution in [0.4, 0.5) is 5.82 Å². The molecule has 0 radical (unpaired) electrons. The molecule has 0 unspecified atom stereocenters. The Morgan fingerprint density at radius 2 is 1.59 bits per heavy atom. The van der Waals surface area contributed by atoms with E-state index in [1.807, 2.05) is 12.1 Å². The van der Waals surface area contributed by atoms with E-state index in [0.717, 1.165) is 48.1 Å². The highest BCUT2D eigenvalue weighted by molar-refractivity contribution is 6.30. The molecule has 7 heteroatoms. The van der Waals surface area contributed by atoms with Gasteiger partial charge in [0.2, 0.25) is 0 Å². The molecule has 1 aliphatic rings. The predicted molar refractivity (Wildman–Crippen MR) is 115 cm³/mol. The van der Waals surface area contributed by atoms with Crippen LogP contribution in [0.5, 0.6) is 0 Å². The molecule has 1 saturated heterocycles. The summed E-state index contributed by atoms with van der Waals surface area (Å²) in [5, 5.41) is 8.77. The van der Waals surface area contributed by atoms with E-state index in [1.54, 1.807) is 12.5 Å². The number of nitrogens with zero attached hydrogens (tertiary/aromatic N) is 5. The standard InChI is InChI=1S/C22H21ClN6/c23-18-8-6-17(7-9-18)20(16-4-2-1-3-5-16)28-10-12-29(13-11-28)22-19-14-26-27-21(19)24-15-25-22/h1-9,14-15,20H,10-13H2,(H,24,25,26,27)/t20-/m0/s1. The lowest BCUT2D eigenvalue weighted by Crippen LogP contribution is -2.48. The third-order valence-electron chi connectivity index (χ3n) is 5.51. The van der Waals surface area contributed by atoms with Crippen LogP contribution in [-0.2, 0) is 0 Å². The van der Waals surface area contributed by atoms with Gasteiger partial charge in [0, 0.05) is 31.2 Å². The van der Waals surface area contributed by atoms with Crippen LogP contribution in [0.2, 0.25) is 5.02 Å². The molecule has 0 aliphatic carbocycles. The summed E-state index contributed by atoms with van der Waals surface area (Å²) in [7, 11) is 0. The maximum Gasteiger partial charge on any atom is 0.160 e. The molecule has 0 spiro atoms. The minimum absolute atomic E-state index is 0.204. The number of fused-ring (bicyclic) bond motifs is 1. The van der Waals surface area contributed by atoms with Crippen LogP contribution >= 0.6 is 11.6 Å². The Kier molecular flexibility index (Phi) is 4.87. The summed E-state index contributed by atoms with van der Waals surface area (Å²) in [6.45, 7) is 3.67. The zero-order valence-electron chi connectivity index (χ0n) is 15.9. The first-order chi connectivity index (χ1) is 14.3. The van der Waals surface area contributed by atoms with Crippen molar-refractivity contribution in [2.45, 2.75) is 6.04 Å². The summed E-state index contributed by atoms with van der Waals surface area (Å²) in [4.78, 5) is 13.6. The number of aromatic nitrogens is 4. The molecule has 4 aromatic rings. The van der Waals surface area contributed by atoms with Crippen LogP contribution in [-0.4, -0.2) is 51.2 Å². The highest BCUT2D eigenvalue weighted by Gasteiger charge is 2.27. The molecule has 6 nitrogen and oxygen atoms in total. The molecule has 0 saturated carbocycles. The van der Waals surface area contributed by atoms with Crippen molar-refractivity contribution in [3.8, 4) is 0 Å². The molecule has 29 heavy (non-hydrogen) atoms.